The van der Waals surface area contributed by atoms with Crippen LogP contribution in [-0.4, -0.2) is 25.4 Å². The van der Waals surface area contributed by atoms with E-state index in [1.165, 1.54) is 0 Å². The SMILES string of the molecule is COc1cccc(CNC(C)CC(O)c2cccs2)c1OC. The Morgan fingerprint density at radius 1 is 1.18 bits per heavy atom. The minimum absolute atomic E-state index is 0.188. The van der Waals surface area contributed by atoms with E-state index in [0.29, 0.717) is 13.0 Å². The second kappa shape index (κ2) is 8.17. The number of nitrogens with one attached hydrogen (secondary N) is 1. The van der Waals surface area contributed by atoms with Crippen LogP contribution in [0.25, 0.3) is 0 Å². The van der Waals surface area contributed by atoms with E-state index < -0.39 is 6.10 Å². The molecule has 0 fully saturated rings. The summed E-state index contributed by atoms with van der Waals surface area (Å²) in [6, 6.07) is 9.95. The quantitative estimate of drug-likeness (QED) is 0.783. The molecule has 1 aromatic carbocycles. The molecular formula is C17H23NO3S. The first-order chi connectivity index (χ1) is 10.7. The number of aliphatic hydroxyl groups excluding tert-OH is 1. The Hall–Kier alpha value is -1.56. The van der Waals surface area contributed by atoms with Crippen molar-refractivity contribution in [3.63, 3.8) is 0 Å². The molecule has 2 aromatic rings. The maximum atomic E-state index is 10.2. The molecule has 2 N–H and O–H groups in total. The standard InChI is InChI=1S/C17H23NO3S/c1-12(10-14(19)16-8-5-9-22-16)18-11-13-6-4-7-15(20-2)17(13)21-3/h4-9,12,14,18-19H,10-11H2,1-3H3. The number of para-hydroxylation sites is 1. The molecule has 0 aliphatic carbocycles. The van der Waals surface area contributed by atoms with Gasteiger partial charge in [0.25, 0.3) is 0 Å². The van der Waals surface area contributed by atoms with Crippen molar-refractivity contribution >= 4 is 11.3 Å². The molecule has 0 bridgehead atoms. The van der Waals surface area contributed by atoms with Gasteiger partial charge in [0.1, 0.15) is 0 Å². The average Bonchev–Trinajstić information content (AvgIpc) is 3.06. The Morgan fingerprint density at radius 2 is 2.00 bits per heavy atom. The topological polar surface area (TPSA) is 50.7 Å². The molecule has 120 valence electrons. The molecule has 0 aliphatic heterocycles. The minimum atomic E-state index is -0.422. The van der Waals surface area contributed by atoms with Gasteiger partial charge in [0.2, 0.25) is 0 Å². The summed E-state index contributed by atoms with van der Waals surface area (Å²) in [5.74, 6) is 1.48. The molecule has 5 heteroatoms. The molecule has 4 nitrogen and oxygen atoms in total. The number of hydrogen-bond acceptors (Lipinski definition) is 5. The minimum Gasteiger partial charge on any atom is -0.493 e. The first-order valence-corrected chi connectivity index (χ1v) is 8.18. The zero-order valence-electron chi connectivity index (χ0n) is 13.2. The second-order valence-corrected chi connectivity index (χ2v) is 6.18. The lowest BCUT2D eigenvalue weighted by Gasteiger charge is -2.19. The summed E-state index contributed by atoms with van der Waals surface area (Å²) in [6.07, 6.45) is 0.252. The number of methoxy groups -OCH3 is 2. The van der Waals surface area contributed by atoms with Gasteiger partial charge in [-0.25, -0.2) is 0 Å². The molecular weight excluding hydrogens is 298 g/mol. The van der Waals surface area contributed by atoms with Crippen molar-refractivity contribution in [3.8, 4) is 11.5 Å². The van der Waals surface area contributed by atoms with Crippen LogP contribution in [0.2, 0.25) is 0 Å². The Labute approximate surface area is 135 Å². The molecule has 0 saturated heterocycles. The van der Waals surface area contributed by atoms with Crippen molar-refractivity contribution in [3.05, 3.63) is 46.2 Å². The molecule has 2 unspecified atom stereocenters. The Balaban J connectivity index is 1.92. The average molecular weight is 321 g/mol. The lowest BCUT2D eigenvalue weighted by atomic mass is 10.1. The molecule has 0 saturated carbocycles. The predicted molar refractivity (Wildman–Crippen MR) is 89.7 cm³/mol. The van der Waals surface area contributed by atoms with E-state index >= 15 is 0 Å². The van der Waals surface area contributed by atoms with Crippen LogP contribution in [0.5, 0.6) is 11.5 Å². The normalized spacial score (nSPS) is 13.6. The van der Waals surface area contributed by atoms with Crippen molar-refractivity contribution < 1.29 is 14.6 Å². The highest BCUT2D eigenvalue weighted by Gasteiger charge is 2.14. The first-order valence-electron chi connectivity index (χ1n) is 7.30. The number of thiophene rings is 1. The van der Waals surface area contributed by atoms with Gasteiger partial charge in [-0.15, -0.1) is 11.3 Å². The summed E-state index contributed by atoms with van der Waals surface area (Å²) >= 11 is 1.58. The van der Waals surface area contributed by atoms with Gasteiger partial charge in [-0.2, -0.15) is 0 Å². The fourth-order valence-corrected chi connectivity index (χ4v) is 3.12. The zero-order chi connectivity index (χ0) is 15.9. The summed E-state index contributed by atoms with van der Waals surface area (Å²) in [6.45, 7) is 2.74. The lowest BCUT2D eigenvalue weighted by molar-refractivity contribution is 0.157. The smallest absolute Gasteiger partial charge is 0.165 e. The number of benzene rings is 1. The highest BCUT2D eigenvalue weighted by molar-refractivity contribution is 7.10. The Bertz CT molecular complexity index is 571. The van der Waals surface area contributed by atoms with Gasteiger partial charge in [0, 0.05) is 23.0 Å². The molecule has 2 rings (SSSR count). The second-order valence-electron chi connectivity index (χ2n) is 5.20. The van der Waals surface area contributed by atoms with Gasteiger partial charge in [-0.1, -0.05) is 18.2 Å². The highest BCUT2D eigenvalue weighted by atomic mass is 32.1. The summed E-state index contributed by atoms with van der Waals surface area (Å²) in [5.41, 5.74) is 1.04. The van der Waals surface area contributed by atoms with Crippen LogP contribution in [0.15, 0.2) is 35.7 Å². The van der Waals surface area contributed by atoms with Crippen molar-refractivity contribution in [1.82, 2.24) is 5.32 Å². The van der Waals surface area contributed by atoms with Gasteiger partial charge in [0.15, 0.2) is 11.5 Å². The van der Waals surface area contributed by atoms with Crippen LogP contribution in [0.1, 0.15) is 29.9 Å². The highest BCUT2D eigenvalue weighted by Crippen LogP contribution is 2.30. The van der Waals surface area contributed by atoms with Crippen LogP contribution in [0, 0.1) is 0 Å². The van der Waals surface area contributed by atoms with E-state index in [4.69, 9.17) is 9.47 Å². The van der Waals surface area contributed by atoms with Gasteiger partial charge >= 0.3 is 0 Å². The van der Waals surface area contributed by atoms with Crippen molar-refractivity contribution in [2.75, 3.05) is 14.2 Å². The fraction of sp³-hybridized carbons (Fsp3) is 0.412. The van der Waals surface area contributed by atoms with Crippen LogP contribution >= 0.6 is 11.3 Å². The number of rotatable bonds is 8. The van der Waals surface area contributed by atoms with Crippen LogP contribution in [0.3, 0.4) is 0 Å². The molecule has 22 heavy (non-hydrogen) atoms. The van der Waals surface area contributed by atoms with E-state index in [1.54, 1.807) is 25.6 Å². The van der Waals surface area contributed by atoms with Gasteiger partial charge in [-0.3, -0.25) is 0 Å². The third-order valence-corrected chi connectivity index (χ3v) is 4.55. The largest absolute Gasteiger partial charge is 0.493 e. The number of aliphatic hydroxyl groups is 1. The van der Waals surface area contributed by atoms with E-state index in [9.17, 15) is 5.11 Å². The number of ether oxygens (including phenoxy) is 2. The number of hydrogen-bond donors (Lipinski definition) is 2. The molecule has 0 aliphatic rings. The predicted octanol–water partition coefficient (Wildman–Crippen LogP) is 3.37. The lowest BCUT2D eigenvalue weighted by Crippen LogP contribution is -2.27. The summed E-state index contributed by atoms with van der Waals surface area (Å²) < 4.78 is 10.7. The molecule has 0 spiro atoms. The third-order valence-electron chi connectivity index (χ3n) is 3.57. The maximum Gasteiger partial charge on any atom is 0.165 e. The summed E-state index contributed by atoms with van der Waals surface area (Å²) in [5, 5.41) is 15.6. The maximum absolute atomic E-state index is 10.2. The third kappa shape index (κ3) is 4.22. The molecule has 2 atom stereocenters. The fourth-order valence-electron chi connectivity index (χ4n) is 2.39. The zero-order valence-corrected chi connectivity index (χ0v) is 14.0. The van der Waals surface area contributed by atoms with Crippen molar-refractivity contribution in [1.29, 1.82) is 0 Å². The monoisotopic (exact) mass is 321 g/mol. The molecule has 1 heterocycles. The van der Waals surface area contributed by atoms with Crippen LogP contribution < -0.4 is 14.8 Å². The molecule has 1 aromatic heterocycles. The molecule has 0 radical (unpaired) electrons. The van der Waals surface area contributed by atoms with Gasteiger partial charge < -0.3 is 19.9 Å². The van der Waals surface area contributed by atoms with Crippen LogP contribution in [-0.2, 0) is 6.54 Å². The summed E-state index contributed by atoms with van der Waals surface area (Å²) in [4.78, 5) is 1.01. The van der Waals surface area contributed by atoms with Crippen LogP contribution in [0.4, 0.5) is 0 Å². The first kappa shape index (κ1) is 16.8. The van der Waals surface area contributed by atoms with E-state index in [0.717, 1.165) is 21.9 Å². The van der Waals surface area contributed by atoms with E-state index in [2.05, 4.69) is 12.2 Å². The van der Waals surface area contributed by atoms with Gasteiger partial charge in [-0.05, 0) is 30.9 Å². The van der Waals surface area contributed by atoms with E-state index in [1.807, 2.05) is 35.7 Å². The molecule has 0 amide bonds. The van der Waals surface area contributed by atoms with Crippen molar-refractivity contribution in [2.24, 2.45) is 0 Å². The van der Waals surface area contributed by atoms with Gasteiger partial charge in [0.05, 0.1) is 20.3 Å². The van der Waals surface area contributed by atoms with E-state index in [-0.39, 0.29) is 6.04 Å². The summed E-state index contributed by atoms with van der Waals surface area (Å²) in [7, 11) is 3.28. The Kier molecular flexibility index (Phi) is 6.24. The van der Waals surface area contributed by atoms with Crippen molar-refractivity contribution in [2.45, 2.75) is 32.0 Å². The Morgan fingerprint density at radius 3 is 2.64 bits per heavy atom.